The summed E-state index contributed by atoms with van der Waals surface area (Å²) in [7, 11) is 0. The Morgan fingerprint density at radius 1 is 1.20 bits per heavy atom. The van der Waals surface area contributed by atoms with Gasteiger partial charge in [0, 0.05) is 53.9 Å². The number of carbonyl (C=O) groups excluding carboxylic acids is 3. The topological polar surface area (TPSA) is 84.7 Å². The molecule has 0 aliphatic carbocycles. The molecule has 1 aliphatic heterocycles. The van der Waals surface area contributed by atoms with Crippen LogP contribution in [0.4, 0.5) is 9.18 Å². The summed E-state index contributed by atoms with van der Waals surface area (Å²) in [5.74, 6) is -1.09. The summed E-state index contributed by atoms with van der Waals surface area (Å²) in [4.78, 5) is 48.2. The minimum absolute atomic E-state index is 0.0134. The van der Waals surface area contributed by atoms with Crippen LogP contribution in [0.5, 0.6) is 0 Å². The van der Waals surface area contributed by atoms with Gasteiger partial charge in [-0.2, -0.15) is 0 Å². The lowest BCUT2D eigenvalue weighted by atomic mass is 9.85. The third-order valence-electron chi connectivity index (χ3n) is 7.78. The van der Waals surface area contributed by atoms with Crippen LogP contribution in [-0.2, 0) is 4.74 Å². The van der Waals surface area contributed by atoms with Crippen molar-refractivity contribution in [2.45, 2.75) is 85.9 Å². The Hall–Kier alpha value is -3.75. The fourth-order valence-corrected chi connectivity index (χ4v) is 5.86. The zero-order valence-electron chi connectivity index (χ0n) is 25.3. The highest BCUT2D eigenvalue weighted by Crippen LogP contribution is 2.35. The molecule has 0 bridgehead atoms. The second-order valence-corrected chi connectivity index (χ2v) is 12.1. The van der Waals surface area contributed by atoms with E-state index in [1.807, 2.05) is 66.0 Å². The van der Waals surface area contributed by atoms with Crippen LogP contribution in [0.15, 0.2) is 36.7 Å². The lowest BCUT2D eigenvalue weighted by Crippen LogP contribution is -2.48. The molecule has 1 aromatic carbocycles. The number of amides is 2. The summed E-state index contributed by atoms with van der Waals surface area (Å²) in [6.07, 6.45) is 3.97. The van der Waals surface area contributed by atoms with Gasteiger partial charge in [0.25, 0.3) is 5.91 Å². The molecule has 1 aliphatic rings. The average molecular weight is 565 g/mol. The Kier molecular flexibility index (Phi) is 8.57. The molecule has 41 heavy (non-hydrogen) atoms. The minimum Gasteiger partial charge on any atom is -0.444 e. The third-order valence-corrected chi connectivity index (χ3v) is 7.78. The first-order valence-electron chi connectivity index (χ1n) is 14.3. The molecule has 8 nitrogen and oxygen atoms in total. The first kappa shape index (κ1) is 30.2. The van der Waals surface area contributed by atoms with Crippen LogP contribution >= 0.6 is 0 Å². The maximum absolute atomic E-state index is 14.5. The van der Waals surface area contributed by atoms with Crippen molar-refractivity contribution in [1.29, 1.82) is 0 Å². The number of aromatic nitrogens is 2. The fraction of sp³-hybridized carbons (Fsp3) is 0.500. The molecule has 2 atom stereocenters. The van der Waals surface area contributed by atoms with Gasteiger partial charge in [-0.1, -0.05) is 0 Å². The molecule has 3 heterocycles. The van der Waals surface area contributed by atoms with Crippen molar-refractivity contribution >= 4 is 28.7 Å². The molecule has 0 spiro atoms. The van der Waals surface area contributed by atoms with Crippen molar-refractivity contribution in [1.82, 2.24) is 19.4 Å². The van der Waals surface area contributed by atoms with E-state index in [9.17, 15) is 18.8 Å². The number of benzene rings is 1. The third kappa shape index (κ3) is 5.99. The monoisotopic (exact) mass is 564 g/mol. The van der Waals surface area contributed by atoms with Gasteiger partial charge in [0.2, 0.25) is 0 Å². The molecule has 9 heteroatoms. The average Bonchev–Trinajstić information content (AvgIpc) is 3.18. The lowest BCUT2D eigenvalue weighted by molar-refractivity contribution is 0.00734. The van der Waals surface area contributed by atoms with E-state index in [2.05, 4.69) is 4.98 Å². The number of hydrogen-bond acceptors (Lipinski definition) is 5. The SMILES string of the molecule is CCN(C(=O)c1cc(F)ccc1-n1c(C)c(C(=O)[C@@H]2CCN(C(=O)OC(C)(C)C)[C@@H](C)C2)c2ccncc21)C(C)C. The standard InChI is InChI=1S/C32H41FN4O4/c1-9-35(19(2)3)30(39)25-17-23(33)10-11-26(25)37-21(5)28(24-12-14-34-18-27(24)37)29(38)22-13-15-36(20(4)16-22)31(40)41-32(6,7)8/h10-12,14,17-20,22H,9,13,15-16H2,1-8H3/t20-,22+/m0/s1. The zero-order chi connectivity index (χ0) is 30.2. The first-order valence-corrected chi connectivity index (χ1v) is 14.3. The number of halogens is 1. The number of Topliss-reactive ketones (excluding diaryl/α,β-unsaturated/α-hetero) is 1. The summed E-state index contributed by atoms with van der Waals surface area (Å²) in [5, 5.41) is 0.726. The number of pyridine rings is 1. The maximum atomic E-state index is 14.5. The van der Waals surface area contributed by atoms with Gasteiger partial charge >= 0.3 is 6.09 Å². The van der Waals surface area contributed by atoms with E-state index in [0.29, 0.717) is 48.4 Å². The van der Waals surface area contributed by atoms with Gasteiger partial charge in [-0.15, -0.1) is 0 Å². The highest BCUT2D eigenvalue weighted by atomic mass is 19.1. The van der Waals surface area contributed by atoms with Crippen LogP contribution in [0.3, 0.4) is 0 Å². The number of rotatable bonds is 6. The Bertz CT molecular complexity index is 1470. The van der Waals surface area contributed by atoms with Crippen molar-refractivity contribution in [2.75, 3.05) is 13.1 Å². The molecule has 3 aromatic rings. The van der Waals surface area contributed by atoms with E-state index in [-0.39, 0.29) is 41.3 Å². The number of piperidine rings is 1. The van der Waals surface area contributed by atoms with E-state index in [1.54, 1.807) is 28.3 Å². The molecule has 0 unspecified atom stereocenters. The predicted molar refractivity (Wildman–Crippen MR) is 157 cm³/mol. The van der Waals surface area contributed by atoms with Crippen LogP contribution in [-0.4, -0.2) is 67.9 Å². The van der Waals surface area contributed by atoms with Crippen LogP contribution in [0.1, 0.15) is 87.7 Å². The summed E-state index contributed by atoms with van der Waals surface area (Å²) in [5.41, 5.74) is 2.01. The Balaban J connectivity index is 1.75. The van der Waals surface area contributed by atoms with Crippen molar-refractivity contribution < 1.29 is 23.5 Å². The van der Waals surface area contributed by atoms with E-state index >= 15 is 0 Å². The first-order chi connectivity index (χ1) is 19.2. The number of fused-ring (bicyclic) bond motifs is 1. The summed E-state index contributed by atoms with van der Waals surface area (Å²) >= 11 is 0. The van der Waals surface area contributed by atoms with Crippen molar-refractivity contribution in [3.63, 3.8) is 0 Å². The van der Waals surface area contributed by atoms with Crippen LogP contribution in [0, 0.1) is 18.7 Å². The largest absolute Gasteiger partial charge is 0.444 e. The highest BCUT2D eigenvalue weighted by Gasteiger charge is 2.37. The number of ether oxygens (including phenoxy) is 1. The molecular formula is C32H41FN4O4. The summed E-state index contributed by atoms with van der Waals surface area (Å²) in [6, 6.07) is 5.75. The quantitative estimate of drug-likeness (QED) is 0.317. The second kappa shape index (κ2) is 11.6. The van der Waals surface area contributed by atoms with Gasteiger partial charge in [0.05, 0.1) is 23.0 Å². The van der Waals surface area contributed by atoms with Crippen LogP contribution in [0.2, 0.25) is 0 Å². The summed E-state index contributed by atoms with van der Waals surface area (Å²) in [6.45, 7) is 15.9. The molecule has 4 rings (SSSR count). The zero-order valence-corrected chi connectivity index (χ0v) is 25.3. The highest BCUT2D eigenvalue weighted by molar-refractivity contribution is 6.11. The molecule has 0 radical (unpaired) electrons. The number of ketones is 1. The van der Waals surface area contributed by atoms with Gasteiger partial charge in [-0.25, -0.2) is 9.18 Å². The number of nitrogens with zero attached hydrogens (tertiary/aromatic N) is 4. The number of carbonyl (C=O) groups is 3. The Morgan fingerprint density at radius 3 is 2.51 bits per heavy atom. The minimum atomic E-state index is -0.597. The van der Waals surface area contributed by atoms with Gasteiger partial charge in [-0.05, 0) is 92.5 Å². The van der Waals surface area contributed by atoms with Gasteiger partial charge in [0.1, 0.15) is 11.4 Å². The van der Waals surface area contributed by atoms with E-state index in [4.69, 9.17) is 4.74 Å². The van der Waals surface area contributed by atoms with E-state index in [0.717, 1.165) is 5.39 Å². The Morgan fingerprint density at radius 2 is 1.90 bits per heavy atom. The Labute approximate surface area is 241 Å². The smallest absolute Gasteiger partial charge is 0.410 e. The molecule has 1 fully saturated rings. The van der Waals surface area contributed by atoms with Gasteiger partial charge < -0.3 is 19.1 Å². The van der Waals surface area contributed by atoms with Crippen LogP contribution < -0.4 is 0 Å². The number of likely N-dealkylation sites (tertiary alicyclic amines) is 1. The van der Waals surface area contributed by atoms with Crippen molar-refractivity contribution in [3.05, 3.63) is 59.3 Å². The van der Waals surface area contributed by atoms with E-state index in [1.165, 1.54) is 12.1 Å². The molecule has 0 saturated carbocycles. The fourth-order valence-electron chi connectivity index (χ4n) is 5.86. The van der Waals surface area contributed by atoms with Gasteiger partial charge in [0.15, 0.2) is 5.78 Å². The van der Waals surface area contributed by atoms with Crippen molar-refractivity contribution in [2.24, 2.45) is 5.92 Å². The predicted octanol–water partition coefficient (Wildman–Crippen LogP) is 6.56. The van der Waals surface area contributed by atoms with Crippen molar-refractivity contribution in [3.8, 4) is 5.69 Å². The molecule has 220 valence electrons. The maximum Gasteiger partial charge on any atom is 0.410 e. The van der Waals surface area contributed by atoms with Gasteiger partial charge in [-0.3, -0.25) is 14.6 Å². The lowest BCUT2D eigenvalue weighted by Gasteiger charge is -2.37. The number of hydrogen-bond donors (Lipinski definition) is 0. The molecule has 0 N–H and O–H groups in total. The molecule has 1 saturated heterocycles. The molecule has 2 aromatic heterocycles. The second-order valence-electron chi connectivity index (χ2n) is 12.1. The van der Waals surface area contributed by atoms with Crippen LogP contribution in [0.25, 0.3) is 16.6 Å². The van der Waals surface area contributed by atoms with E-state index < -0.39 is 11.4 Å². The molecule has 2 amide bonds. The summed E-state index contributed by atoms with van der Waals surface area (Å²) < 4.78 is 21.9. The molecular weight excluding hydrogens is 523 g/mol. The normalized spacial score (nSPS) is 17.7.